The van der Waals surface area contributed by atoms with Crippen molar-refractivity contribution in [3.8, 4) is 11.1 Å². The number of benzene rings is 3. The minimum Gasteiger partial charge on any atom is -0.478 e. The van der Waals surface area contributed by atoms with Crippen LogP contribution < -0.4 is 4.90 Å². The van der Waals surface area contributed by atoms with Crippen molar-refractivity contribution in [1.29, 1.82) is 0 Å². The summed E-state index contributed by atoms with van der Waals surface area (Å²) < 4.78 is 5.62. The van der Waals surface area contributed by atoms with E-state index in [4.69, 9.17) is 10.3 Å². The van der Waals surface area contributed by atoms with Crippen LogP contribution in [0.3, 0.4) is 0 Å². The molecule has 0 aromatic heterocycles. The maximum absolute atomic E-state index is 12.8. The molecule has 8 nitrogen and oxygen atoms in total. The number of carbonyl (C=O) groups is 2. The smallest absolute Gasteiger partial charge is 0.414 e. The van der Waals surface area contributed by atoms with E-state index in [0.717, 1.165) is 22.3 Å². The Morgan fingerprint density at radius 1 is 1.09 bits per heavy atom. The molecule has 8 heteroatoms. The number of amides is 1. The Hall–Kier alpha value is -4.29. The Kier molecular flexibility index (Phi) is 5.54. The number of anilines is 1. The Bertz CT molecular complexity index is 1210. The van der Waals surface area contributed by atoms with Gasteiger partial charge in [0.2, 0.25) is 0 Å². The Morgan fingerprint density at radius 3 is 2.25 bits per heavy atom. The van der Waals surface area contributed by atoms with Crippen molar-refractivity contribution in [2.45, 2.75) is 12.8 Å². The number of aromatic carboxylic acids is 1. The third-order valence-corrected chi connectivity index (χ3v) is 5.75. The zero-order chi connectivity index (χ0) is 22.8. The summed E-state index contributed by atoms with van der Waals surface area (Å²) in [5, 5.41) is 13.0. The average Bonchev–Trinajstić information content (AvgIpc) is 3.12. The first-order valence-electron chi connectivity index (χ1n) is 9.94. The minimum atomic E-state index is -1.18. The fourth-order valence-corrected chi connectivity index (χ4v) is 4.05. The van der Waals surface area contributed by atoms with E-state index in [1.54, 1.807) is 6.92 Å². The number of hydrogen-bond donors (Lipinski definition) is 1. The molecule has 0 bridgehead atoms. The summed E-state index contributed by atoms with van der Waals surface area (Å²) >= 11 is 0. The van der Waals surface area contributed by atoms with Crippen LogP contribution >= 0.6 is 0 Å². The molecule has 1 amide bonds. The largest absolute Gasteiger partial charge is 0.478 e. The minimum absolute atomic E-state index is 0.0526. The van der Waals surface area contributed by atoms with Gasteiger partial charge in [-0.3, -0.25) is 4.90 Å². The van der Waals surface area contributed by atoms with Crippen molar-refractivity contribution in [2.24, 2.45) is 5.11 Å². The van der Waals surface area contributed by atoms with E-state index in [2.05, 4.69) is 22.2 Å². The highest BCUT2D eigenvalue weighted by atomic mass is 16.6. The number of carbonyl (C=O) groups excluding carboxylic acids is 1. The fourth-order valence-electron chi connectivity index (χ4n) is 4.05. The molecule has 4 rings (SSSR count). The summed E-state index contributed by atoms with van der Waals surface area (Å²) in [6, 6.07) is 18.9. The van der Waals surface area contributed by atoms with Gasteiger partial charge in [-0.25, -0.2) is 9.59 Å². The van der Waals surface area contributed by atoms with Gasteiger partial charge in [0, 0.05) is 29.3 Å². The summed E-state index contributed by atoms with van der Waals surface area (Å²) in [4.78, 5) is 28.3. The highest BCUT2D eigenvalue weighted by Crippen LogP contribution is 2.44. The number of fused-ring (bicyclic) bond motifs is 3. The molecule has 1 N–H and O–H groups in total. The summed E-state index contributed by atoms with van der Waals surface area (Å²) in [7, 11) is 1.48. The molecule has 0 spiro atoms. The van der Waals surface area contributed by atoms with Gasteiger partial charge in [0.25, 0.3) is 0 Å². The van der Waals surface area contributed by atoms with Crippen LogP contribution in [0.5, 0.6) is 0 Å². The first-order chi connectivity index (χ1) is 15.4. The van der Waals surface area contributed by atoms with E-state index >= 15 is 0 Å². The maximum atomic E-state index is 12.8. The summed E-state index contributed by atoms with van der Waals surface area (Å²) in [5.74, 6) is -1.27. The molecule has 1 aliphatic carbocycles. The van der Waals surface area contributed by atoms with Gasteiger partial charge in [0.1, 0.15) is 6.61 Å². The van der Waals surface area contributed by atoms with Crippen molar-refractivity contribution in [3.63, 3.8) is 0 Å². The molecule has 0 atom stereocenters. The van der Waals surface area contributed by atoms with Crippen LogP contribution in [0.25, 0.3) is 21.6 Å². The van der Waals surface area contributed by atoms with E-state index in [1.165, 1.54) is 24.1 Å². The quantitative estimate of drug-likeness (QED) is 0.304. The Balaban J connectivity index is 1.58. The van der Waals surface area contributed by atoms with Crippen molar-refractivity contribution in [1.82, 2.24) is 0 Å². The highest BCUT2D eigenvalue weighted by molar-refractivity contribution is 5.95. The Morgan fingerprint density at radius 2 is 1.69 bits per heavy atom. The third kappa shape index (κ3) is 3.64. The molecule has 3 aromatic carbocycles. The van der Waals surface area contributed by atoms with E-state index in [9.17, 15) is 14.7 Å². The number of rotatable bonds is 5. The van der Waals surface area contributed by atoms with E-state index in [1.807, 2.05) is 36.4 Å². The molecular formula is C24H20N4O4. The Labute approximate surface area is 184 Å². The lowest BCUT2D eigenvalue weighted by atomic mass is 9.98. The molecule has 0 radical (unpaired) electrons. The number of ether oxygens (including phenoxy) is 1. The SMILES string of the molecule is Cc1c(N=[N+]=[N-])cc(N(C)C(=O)OCC2c3ccccc3-c3ccccc32)cc1C(=O)O. The number of carboxylic acid groups (broad SMARTS) is 1. The van der Waals surface area contributed by atoms with Crippen molar-refractivity contribution >= 4 is 23.4 Å². The van der Waals surface area contributed by atoms with Gasteiger partial charge in [-0.1, -0.05) is 53.6 Å². The monoisotopic (exact) mass is 428 g/mol. The van der Waals surface area contributed by atoms with Crippen LogP contribution in [0.1, 0.15) is 33.0 Å². The van der Waals surface area contributed by atoms with Gasteiger partial charge in [-0.15, -0.1) is 0 Å². The van der Waals surface area contributed by atoms with Crippen LogP contribution in [0.2, 0.25) is 0 Å². The molecule has 0 saturated heterocycles. The van der Waals surface area contributed by atoms with Gasteiger partial charge < -0.3 is 9.84 Å². The fraction of sp³-hybridized carbons (Fsp3) is 0.167. The standard InChI is InChI=1S/C24H20N4O4/c1-14-20(23(29)30)11-15(12-22(14)26-27-25)28(2)24(31)32-13-21-18-9-5-3-7-16(18)17-8-4-6-10-19(17)21/h3-12,21H,13H2,1-2H3,(H,29,30). The third-order valence-electron chi connectivity index (χ3n) is 5.75. The number of hydrogen-bond acceptors (Lipinski definition) is 4. The second-order valence-corrected chi connectivity index (χ2v) is 7.50. The number of azide groups is 1. The normalized spacial score (nSPS) is 11.8. The number of nitrogens with zero attached hydrogens (tertiary/aromatic N) is 4. The number of carboxylic acids is 1. The summed E-state index contributed by atoms with van der Waals surface area (Å²) in [6.07, 6.45) is -0.640. The highest BCUT2D eigenvalue weighted by Gasteiger charge is 2.29. The summed E-state index contributed by atoms with van der Waals surface area (Å²) in [5.41, 5.74) is 13.9. The summed E-state index contributed by atoms with van der Waals surface area (Å²) in [6.45, 7) is 1.68. The van der Waals surface area contributed by atoms with Crippen molar-refractivity contribution in [2.75, 3.05) is 18.6 Å². The molecular weight excluding hydrogens is 408 g/mol. The van der Waals surface area contributed by atoms with Crippen LogP contribution in [0.4, 0.5) is 16.2 Å². The predicted molar refractivity (Wildman–Crippen MR) is 120 cm³/mol. The zero-order valence-corrected chi connectivity index (χ0v) is 17.5. The van der Waals surface area contributed by atoms with E-state index in [-0.39, 0.29) is 29.5 Å². The van der Waals surface area contributed by atoms with Crippen molar-refractivity contribution in [3.05, 3.63) is 93.4 Å². The van der Waals surface area contributed by atoms with Gasteiger partial charge in [-0.05, 0) is 52.4 Å². The van der Waals surface area contributed by atoms with E-state index in [0.29, 0.717) is 5.56 Å². The lowest BCUT2D eigenvalue weighted by Gasteiger charge is -2.21. The van der Waals surface area contributed by atoms with Gasteiger partial charge in [0.05, 0.1) is 5.56 Å². The average molecular weight is 428 g/mol. The predicted octanol–water partition coefficient (Wildman–Crippen LogP) is 6.02. The lowest BCUT2D eigenvalue weighted by molar-refractivity contribution is 0.0696. The molecule has 160 valence electrons. The van der Waals surface area contributed by atoms with Crippen molar-refractivity contribution < 1.29 is 19.4 Å². The topological polar surface area (TPSA) is 116 Å². The second kappa shape index (κ2) is 8.45. The molecule has 3 aromatic rings. The van der Waals surface area contributed by atoms with Crippen LogP contribution in [-0.2, 0) is 4.74 Å². The molecule has 32 heavy (non-hydrogen) atoms. The van der Waals surface area contributed by atoms with E-state index < -0.39 is 12.1 Å². The molecule has 0 fully saturated rings. The zero-order valence-electron chi connectivity index (χ0n) is 17.5. The first kappa shape index (κ1) is 21.0. The van der Waals surface area contributed by atoms with Gasteiger partial charge in [0.15, 0.2) is 0 Å². The van der Waals surface area contributed by atoms with Crippen LogP contribution in [0.15, 0.2) is 65.8 Å². The molecule has 0 heterocycles. The maximum Gasteiger partial charge on any atom is 0.414 e. The van der Waals surface area contributed by atoms with Crippen LogP contribution in [0, 0.1) is 6.92 Å². The molecule has 0 saturated carbocycles. The second-order valence-electron chi connectivity index (χ2n) is 7.50. The van der Waals surface area contributed by atoms with Gasteiger partial charge >= 0.3 is 12.1 Å². The first-order valence-corrected chi connectivity index (χ1v) is 9.94. The van der Waals surface area contributed by atoms with Gasteiger partial charge in [-0.2, -0.15) is 0 Å². The molecule has 0 aliphatic heterocycles. The molecule has 1 aliphatic rings. The molecule has 0 unspecified atom stereocenters. The lowest BCUT2D eigenvalue weighted by Crippen LogP contribution is -2.28. The van der Waals surface area contributed by atoms with Crippen LogP contribution in [-0.4, -0.2) is 30.8 Å².